The number of urea groups is 2. The van der Waals surface area contributed by atoms with E-state index >= 15 is 0 Å². The molecule has 4 amide bonds. The van der Waals surface area contributed by atoms with Gasteiger partial charge in [-0.05, 0) is 0 Å². The van der Waals surface area contributed by atoms with Crippen LogP contribution in [0.1, 0.15) is 0 Å². The van der Waals surface area contributed by atoms with E-state index in [1.165, 1.54) is 0 Å². The lowest BCUT2D eigenvalue weighted by Crippen LogP contribution is -2.65. The summed E-state index contributed by atoms with van der Waals surface area (Å²) in [7, 11) is 0. The number of hydrogen-bond donors (Lipinski definition) is 4. The van der Waals surface area contributed by atoms with Crippen LogP contribution in [0.15, 0.2) is 0 Å². The van der Waals surface area contributed by atoms with Crippen LogP contribution in [-0.2, 0) is 0 Å². The fraction of sp³-hybridized carbons (Fsp3) is 0.333. The lowest BCUT2D eigenvalue weighted by Gasteiger charge is -2.20. The Morgan fingerprint density at radius 3 is 2.00 bits per heavy atom. The topological polar surface area (TPSA) is 96.2 Å². The molecule has 5 N–H and O–H groups in total. The van der Waals surface area contributed by atoms with E-state index < -0.39 is 18.4 Å². The quantitative estimate of drug-likeness (QED) is 0.313. The Morgan fingerprint density at radius 2 is 1.67 bits per heavy atom. The van der Waals surface area contributed by atoms with Crippen molar-refractivity contribution in [3.05, 3.63) is 0 Å². The minimum absolute atomic E-state index is 0.578. The Labute approximate surface area is 50.8 Å². The predicted octanol–water partition coefficient (Wildman–Crippen LogP) is -1.75. The first-order valence-electron chi connectivity index (χ1n) is 2.32. The van der Waals surface area contributed by atoms with E-state index in [2.05, 4.69) is 10.6 Å². The number of rotatable bonds is 0. The second-order valence-corrected chi connectivity index (χ2v) is 1.55. The largest absolute Gasteiger partial charge is 0.325 e. The lowest BCUT2D eigenvalue weighted by molar-refractivity contribution is 0.210. The number of nitrogens with two attached hydrogens (primary N) is 1. The van der Waals surface area contributed by atoms with Crippen molar-refractivity contribution in [2.75, 3.05) is 0 Å². The van der Waals surface area contributed by atoms with Gasteiger partial charge in [0.05, 0.1) is 0 Å². The van der Waals surface area contributed by atoms with E-state index in [4.69, 9.17) is 5.73 Å². The molecule has 9 heavy (non-hydrogen) atoms. The highest BCUT2D eigenvalue weighted by molar-refractivity contribution is 5.95. The van der Waals surface area contributed by atoms with E-state index in [1.54, 1.807) is 0 Å². The van der Waals surface area contributed by atoms with Gasteiger partial charge < -0.3 is 10.6 Å². The SMILES string of the molecule is NC1NC(=O)NC(=O)N1. The Kier molecular flexibility index (Phi) is 1.23. The molecule has 1 heterocycles. The summed E-state index contributed by atoms with van der Waals surface area (Å²) in [5.74, 6) is 0. The Balaban J connectivity index is 2.53. The summed E-state index contributed by atoms with van der Waals surface area (Å²) in [4.78, 5) is 20.6. The van der Waals surface area contributed by atoms with Gasteiger partial charge in [0, 0.05) is 0 Å². The number of hydrogen-bond acceptors (Lipinski definition) is 3. The molecule has 6 heteroatoms. The van der Waals surface area contributed by atoms with Gasteiger partial charge in [-0.25, -0.2) is 9.59 Å². The van der Waals surface area contributed by atoms with Gasteiger partial charge in [-0.2, -0.15) is 0 Å². The zero-order chi connectivity index (χ0) is 6.85. The molecule has 1 aliphatic heterocycles. The van der Waals surface area contributed by atoms with Gasteiger partial charge in [0.2, 0.25) is 0 Å². The first kappa shape index (κ1) is 5.83. The van der Waals surface area contributed by atoms with Crippen LogP contribution in [-0.4, -0.2) is 18.4 Å². The van der Waals surface area contributed by atoms with Crippen LogP contribution in [0.2, 0.25) is 0 Å². The molecule has 0 spiro atoms. The second kappa shape index (κ2) is 1.90. The van der Waals surface area contributed by atoms with Crippen molar-refractivity contribution < 1.29 is 9.59 Å². The van der Waals surface area contributed by atoms with Crippen LogP contribution in [0, 0.1) is 0 Å². The third kappa shape index (κ3) is 1.29. The molecule has 0 radical (unpaired) electrons. The van der Waals surface area contributed by atoms with E-state index in [-0.39, 0.29) is 0 Å². The molecule has 0 aromatic rings. The monoisotopic (exact) mass is 130 g/mol. The number of amides is 4. The number of carbonyl (C=O) groups is 2. The van der Waals surface area contributed by atoms with Crippen molar-refractivity contribution in [3.8, 4) is 0 Å². The zero-order valence-electron chi connectivity index (χ0n) is 4.47. The minimum Gasteiger partial charge on any atom is -0.305 e. The smallest absolute Gasteiger partial charge is 0.305 e. The van der Waals surface area contributed by atoms with Gasteiger partial charge in [0.1, 0.15) is 0 Å². The van der Waals surface area contributed by atoms with Crippen molar-refractivity contribution in [3.63, 3.8) is 0 Å². The maximum absolute atomic E-state index is 10.3. The van der Waals surface area contributed by atoms with Gasteiger partial charge in [-0.15, -0.1) is 0 Å². The van der Waals surface area contributed by atoms with Gasteiger partial charge in [-0.3, -0.25) is 11.1 Å². The first-order chi connectivity index (χ1) is 4.18. The standard InChI is InChI=1S/C3H6N4O2/c4-1-5-2(8)7-3(9)6-1/h1H,4H2,(H3,5,6,7,8,9). The number of imide groups is 1. The predicted molar refractivity (Wildman–Crippen MR) is 28.2 cm³/mol. The molecular weight excluding hydrogens is 124 g/mol. The van der Waals surface area contributed by atoms with Crippen LogP contribution in [0.3, 0.4) is 0 Å². The minimum atomic E-state index is -0.772. The molecule has 1 rings (SSSR count). The second-order valence-electron chi connectivity index (χ2n) is 1.55. The lowest BCUT2D eigenvalue weighted by atomic mass is 10.6. The summed E-state index contributed by atoms with van der Waals surface area (Å²) in [5, 5.41) is 6.34. The fourth-order valence-electron chi connectivity index (χ4n) is 0.494. The molecule has 1 saturated heterocycles. The Hall–Kier alpha value is -1.30. The Bertz CT molecular complexity index is 140. The Morgan fingerprint density at radius 1 is 1.22 bits per heavy atom. The maximum Gasteiger partial charge on any atom is 0.325 e. The fourth-order valence-corrected chi connectivity index (χ4v) is 0.494. The number of nitrogens with one attached hydrogen (secondary N) is 3. The van der Waals surface area contributed by atoms with Gasteiger partial charge >= 0.3 is 12.1 Å². The molecule has 0 atom stereocenters. The van der Waals surface area contributed by atoms with Crippen molar-refractivity contribution in [1.82, 2.24) is 16.0 Å². The van der Waals surface area contributed by atoms with Gasteiger partial charge in [0.15, 0.2) is 6.29 Å². The average Bonchev–Trinajstić information content (AvgIpc) is 1.59. The first-order valence-corrected chi connectivity index (χ1v) is 2.32. The highest BCUT2D eigenvalue weighted by atomic mass is 16.2. The molecule has 1 fully saturated rings. The van der Waals surface area contributed by atoms with E-state index in [9.17, 15) is 9.59 Å². The summed E-state index contributed by atoms with van der Waals surface area (Å²) >= 11 is 0. The van der Waals surface area contributed by atoms with Crippen LogP contribution >= 0.6 is 0 Å². The van der Waals surface area contributed by atoms with E-state index in [1.807, 2.05) is 5.32 Å². The van der Waals surface area contributed by atoms with Crippen LogP contribution in [0.4, 0.5) is 9.59 Å². The summed E-state index contributed by atoms with van der Waals surface area (Å²) in [6.07, 6.45) is -0.772. The van der Waals surface area contributed by atoms with E-state index in [0.717, 1.165) is 0 Å². The molecule has 0 bridgehead atoms. The van der Waals surface area contributed by atoms with Crippen LogP contribution in [0.25, 0.3) is 0 Å². The summed E-state index contributed by atoms with van der Waals surface area (Å²) in [6, 6.07) is -1.16. The van der Waals surface area contributed by atoms with Crippen molar-refractivity contribution >= 4 is 12.1 Å². The summed E-state index contributed by atoms with van der Waals surface area (Å²) < 4.78 is 0. The molecule has 0 saturated carbocycles. The highest BCUT2D eigenvalue weighted by Gasteiger charge is 2.17. The molecule has 50 valence electrons. The average molecular weight is 130 g/mol. The van der Waals surface area contributed by atoms with Crippen molar-refractivity contribution in [2.24, 2.45) is 5.73 Å². The molecule has 0 aliphatic carbocycles. The number of carbonyl (C=O) groups excluding carboxylic acids is 2. The maximum atomic E-state index is 10.3. The van der Waals surface area contributed by atoms with Crippen molar-refractivity contribution in [2.45, 2.75) is 6.29 Å². The summed E-state index contributed by atoms with van der Waals surface area (Å²) in [6.45, 7) is 0. The third-order valence-corrected chi connectivity index (χ3v) is 0.800. The molecule has 0 aromatic carbocycles. The molecule has 1 aliphatic rings. The van der Waals surface area contributed by atoms with Crippen LogP contribution < -0.4 is 21.7 Å². The van der Waals surface area contributed by atoms with Crippen molar-refractivity contribution in [1.29, 1.82) is 0 Å². The molecule has 0 unspecified atom stereocenters. The van der Waals surface area contributed by atoms with E-state index in [0.29, 0.717) is 0 Å². The third-order valence-electron chi connectivity index (χ3n) is 0.800. The molecular formula is C3H6N4O2. The van der Waals surface area contributed by atoms with Crippen LogP contribution in [0.5, 0.6) is 0 Å². The zero-order valence-corrected chi connectivity index (χ0v) is 4.47. The molecule has 6 nitrogen and oxygen atoms in total. The summed E-state index contributed by atoms with van der Waals surface area (Å²) in [5.41, 5.74) is 5.11. The van der Waals surface area contributed by atoms with Gasteiger partial charge in [0.25, 0.3) is 0 Å². The highest BCUT2D eigenvalue weighted by Crippen LogP contribution is 1.76. The molecule has 0 aromatic heterocycles. The van der Waals surface area contributed by atoms with Gasteiger partial charge in [-0.1, -0.05) is 0 Å². The normalized spacial score (nSPS) is 20.1.